The number of hydrogen-bond acceptors (Lipinski definition) is 4. The predicted octanol–water partition coefficient (Wildman–Crippen LogP) is 4.42. The van der Waals surface area contributed by atoms with E-state index in [0.717, 1.165) is 5.56 Å². The van der Waals surface area contributed by atoms with Crippen molar-refractivity contribution >= 4 is 29.3 Å². The number of aryl methyl sites for hydroxylation is 2. The Morgan fingerprint density at radius 3 is 2.10 bits per heavy atom. The highest BCUT2D eigenvalue weighted by atomic mass is 16.6. The van der Waals surface area contributed by atoms with Crippen LogP contribution in [0.15, 0.2) is 48.5 Å². The number of benzene rings is 2. The molecule has 0 aliphatic carbocycles. The van der Waals surface area contributed by atoms with Crippen LogP contribution in [0, 0.1) is 6.92 Å². The Bertz CT molecular complexity index is 919. The van der Waals surface area contributed by atoms with Gasteiger partial charge in [-0.15, -0.1) is 0 Å². The first-order chi connectivity index (χ1) is 14.6. The summed E-state index contributed by atoms with van der Waals surface area (Å²) in [4.78, 5) is 36.0. The summed E-state index contributed by atoms with van der Waals surface area (Å²) in [6, 6.07) is 15.0. The summed E-state index contributed by atoms with van der Waals surface area (Å²) in [5.74, 6) is -0.340. The minimum absolute atomic E-state index is 0.0895. The highest BCUT2D eigenvalue weighted by molar-refractivity contribution is 5.94. The third kappa shape index (κ3) is 9.33. The normalized spacial score (nSPS) is 10.8. The molecular weight excluding hydrogens is 394 g/mol. The van der Waals surface area contributed by atoms with Gasteiger partial charge < -0.3 is 20.7 Å². The minimum Gasteiger partial charge on any atom is -0.444 e. The predicted molar refractivity (Wildman–Crippen MR) is 122 cm³/mol. The van der Waals surface area contributed by atoms with E-state index in [1.807, 2.05) is 31.2 Å². The molecule has 2 rings (SSSR count). The number of alkyl carbamates (subject to hydrolysis) is 1. The Hall–Kier alpha value is -3.35. The van der Waals surface area contributed by atoms with Crippen molar-refractivity contribution in [2.75, 3.05) is 17.2 Å². The standard InChI is InChI=1S/C24H31N3O4/c1-17-8-5-6-9-18(17)12-13-21(28)26-19-10-7-11-20(16-19)27-22(29)14-15-25-23(30)31-24(2,3)4/h5-11,16H,12-15H2,1-4H3,(H,25,30)(H,26,28)(H,27,29). The van der Waals surface area contributed by atoms with E-state index in [4.69, 9.17) is 4.74 Å². The van der Waals surface area contributed by atoms with Crippen molar-refractivity contribution in [3.63, 3.8) is 0 Å². The third-order valence-corrected chi connectivity index (χ3v) is 4.33. The number of hydrogen-bond donors (Lipinski definition) is 3. The molecule has 0 aliphatic heterocycles. The van der Waals surface area contributed by atoms with Crippen molar-refractivity contribution < 1.29 is 19.1 Å². The second-order valence-corrected chi connectivity index (χ2v) is 8.28. The second-order valence-electron chi connectivity index (χ2n) is 8.28. The van der Waals surface area contributed by atoms with Crippen LogP contribution in [-0.4, -0.2) is 30.1 Å². The zero-order chi connectivity index (χ0) is 22.9. The molecule has 7 heteroatoms. The molecule has 0 bridgehead atoms. The number of carbonyl (C=O) groups excluding carboxylic acids is 3. The summed E-state index contributed by atoms with van der Waals surface area (Å²) >= 11 is 0. The van der Waals surface area contributed by atoms with Gasteiger partial charge >= 0.3 is 6.09 Å². The fourth-order valence-electron chi connectivity index (χ4n) is 2.85. The summed E-state index contributed by atoms with van der Waals surface area (Å²) in [5.41, 5.74) is 2.91. The largest absolute Gasteiger partial charge is 0.444 e. The Kier molecular flexibility index (Phi) is 8.61. The topological polar surface area (TPSA) is 96.5 Å². The number of carbonyl (C=O) groups is 3. The van der Waals surface area contributed by atoms with Gasteiger partial charge in [-0.3, -0.25) is 9.59 Å². The van der Waals surface area contributed by atoms with E-state index in [1.54, 1.807) is 45.0 Å². The Morgan fingerprint density at radius 2 is 1.48 bits per heavy atom. The minimum atomic E-state index is -0.586. The van der Waals surface area contributed by atoms with Gasteiger partial charge in [0, 0.05) is 30.8 Å². The van der Waals surface area contributed by atoms with Gasteiger partial charge in [0.2, 0.25) is 11.8 Å². The highest BCUT2D eigenvalue weighted by Crippen LogP contribution is 2.16. The lowest BCUT2D eigenvalue weighted by molar-refractivity contribution is -0.116. The van der Waals surface area contributed by atoms with Crippen LogP contribution in [-0.2, 0) is 20.7 Å². The van der Waals surface area contributed by atoms with Crippen molar-refractivity contribution in [3.8, 4) is 0 Å². The van der Waals surface area contributed by atoms with Gasteiger partial charge in [0.05, 0.1) is 0 Å². The molecule has 2 aromatic rings. The average molecular weight is 426 g/mol. The molecule has 0 unspecified atom stereocenters. The summed E-state index contributed by atoms with van der Waals surface area (Å²) < 4.78 is 5.12. The summed E-state index contributed by atoms with van der Waals surface area (Å²) in [5, 5.41) is 8.17. The second kappa shape index (κ2) is 11.2. The molecule has 7 nitrogen and oxygen atoms in total. The Labute approximate surface area is 183 Å². The molecule has 3 N–H and O–H groups in total. The summed E-state index contributed by atoms with van der Waals surface area (Å²) in [6.45, 7) is 7.51. The van der Waals surface area contributed by atoms with Gasteiger partial charge in [-0.05, 0) is 63.4 Å². The van der Waals surface area contributed by atoms with Crippen molar-refractivity contribution in [2.24, 2.45) is 0 Å². The zero-order valence-electron chi connectivity index (χ0n) is 18.6. The van der Waals surface area contributed by atoms with Crippen LogP contribution in [0.3, 0.4) is 0 Å². The van der Waals surface area contributed by atoms with Gasteiger partial charge in [0.1, 0.15) is 5.60 Å². The molecule has 0 saturated heterocycles. The van der Waals surface area contributed by atoms with Crippen molar-refractivity contribution in [1.82, 2.24) is 5.32 Å². The van der Waals surface area contributed by atoms with E-state index in [-0.39, 0.29) is 24.8 Å². The van der Waals surface area contributed by atoms with Crippen LogP contribution in [0.25, 0.3) is 0 Å². The molecule has 0 fully saturated rings. The first-order valence-corrected chi connectivity index (χ1v) is 10.3. The average Bonchev–Trinajstić information content (AvgIpc) is 2.66. The SMILES string of the molecule is Cc1ccccc1CCC(=O)Nc1cccc(NC(=O)CCNC(=O)OC(C)(C)C)c1. The molecule has 0 radical (unpaired) electrons. The molecule has 0 heterocycles. The molecule has 0 spiro atoms. The van der Waals surface area contributed by atoms with Crippen molar-refractivity contribution in [1.29, 1.82) is 0 Å². The molecule has 0 aromatic heterocycles. The van der Waals surface area contributed by atoms with Crippen LogP contribution in [0.4, 0.5) is 16.2 Å². The van der Waals surface area contributed by atoms with E-state index in [1.165, 1.54) is 5.56 Å². The molecule has 3 amide bonds. The summed E-state index contributed by atoms with van der Waals surface area (Å²) in [6.07, 6.45) is 0.583. The lowest BCUT2D eigenvalue weighted by Crippen LogP contribution is -2.34. The maximum Gasteiger partial charge on any atom is 0.407 e. The molecule has 0 aliphatic rings. The number of amides is 3. The van der Waals surface area contributed by atoms with E-state index in [0.29, 0.717) is 24.2 Å². The fourth-order valence-corrected chi connectivity index (χ4v) is 2.85. The molecule has 0 atom stereocenters. The highest BCUT2D eigenvalue weighted by Gasteiger charge is 2.16. The van der Waals surface area contributed by atoms with Crippen LogP contribution < -0.4 is 16.0 Å². The number of rotatable bonds is 8. The number of nitrogens with one attached hydrogen (secondary N) is 3. The monoisotopic (exact) mass is 425 g/mol. The lowest BCUT2D eigenvalue weighted by atomic mass is 10.0. The smallest absolute Gasteiger partial charge is 0.407 e. The van der Waals surface area contributed by atoms with E-state index in [2.05, 4.69) is 16.0 Å². The Balaban J connectivity index is 1.78. The van der Waals surface area contributed by atoms with Crippen molar-refractivity contribution in [2.45, 2.75) is 52.6 Å². The van der Waals surface area contributed by atoms with Crippen molar-refractivity contribution in [3.05, 3.63) is 59.7 Å². The van der Waals surface area contributed by atoms with Gasteiger partial charge in [0.15, 0.2) is 0 Å². The Morgan fingerprint density at radius 1 is 0.871 bits per heavy atom. The lowest BCUT2D eigenvalue weighted by Gasteiger charge is -2.19. The van der Waals surface area contributed by atoms with Gasteiger partial charge in [-0.25, -0.2) is 4.79 Å². The first kappa shape index (κ1) is 23.9. The van der Waals surface area contributed by atoms with Crippen LogP contribution in [0.1, 0.15) is 44.7 Å². The molecule has 2 aromatic carbocycles. The molecule has 0 saturated carbocycles. The van der Waals surface area contributed by atoms with Crippen LogP contribution in [0.5, 0.6) is 0 Å². The molecular formula is C24H31N3O4. The maximum atomic E-state index is 12.3. The molecule has 31 heavy (non-hydrogen) atoms. The van der Waals surface area contributed by atoms with E-state index < -0.39 is 11.7 Å². The fraction of sp³-hybridized carbons (Fsp3) is 0.375. The summed E-state index contributed by atoms with van der Waals surface area (Å²) in [7, 11) is 0. The number of anilines is 2. The first-order valence-electron chi connectivity index (χ1n) is 10.3. The van der Waals surface area contributed by atoms with Crippen LogP contribution >= 0.6 is 0 Å². The van der Waals surface area contributed by atoms with E-state index in [9.17, 15) is 14.4 Å². The number of ether oxygens (including phenoxy) is 1. The quantitative estimate of drug-likeness (QED) is 0.583. The zero-order valence-corrected chi connectivity index (χ0v) is 18.6. The molecule has 166 valence electrons. The third-order valence-electron chi connectivity index (χ3n) is 4.33. The maximum absolute atomic E-state index is 12.3. The van der Waals surface area contributed by atoms with Gasteiger partial charge in [0.25, 0.3) is 0 Å². The van der Waals surface area contributed by atoms with E-state index >= 15 is 0 Å². The van der Waals surface area contributed by atoms with Gasteiger partial charge in [-0.1, -0.05) is 30.3 Å². The van der Waals surface area contributed by atoms with Gasteiger partial charge in [-0.2, -0.15) is 0 Å². The van der Waals surface area contributed by atoms with Crippen LogP contribution in [0.2, 0.25) is 0 Å².